The van der Waals surface area contributed by atoms with Crippen molar-refractivity contribution in [3.8, 4) is 0 Å². The summed E-state index contributed by atoms with van der Waals surface area (Å²) in [5, 5.41) is 0. The average Bonchev–Trinajstić information content (AvgIpc) is 2.49. The van der Waals surface area contributed by atoms with Crippen LogP contribution in [-0.2, 0) is 5.88 Å². The van der Waals surface area contributed by atoms with Gasteiger partial charge in [-0.05, 0) is 36.2 Å². The second-order valence-corrected chi connectivity index (χ2v) is 5.87. The highest BCUT2D eigenvalue weighted by Gasteiger charge is 2.10. The lowest BCUT2D eigenvalue weighted by molar-refractivity contribution is 0.785. The van der Waals surface area contributed by atoms with Crippen LogP contribution in [0.25, 0.3) is 0 Å². The second kappa shape index (κ2) is 7.70. The van der Waals surface area contributed by atoms with Gasteiger partial charge in [-0.3, -0.25) is 0 Å². The number of unbranched alkanes of at least 4 members (excludes halogenated alkanes) is 1. The Morgan fingerprint density at radius 3 is 2.40 bits per heavy atom. The summed E-state index contributed by atoms with van der Waals surface area (Å²) in [4.78, 5) is 2.35. The van der Waals surface area contributed by atoms with Crippen molar-refractivity contribution in [3.05, 3.63) is 58.6 Å². The number of nitrogens with zero attached hydrogens (tertiary/aromatic N) is 1. The highest BCUT2D eigenvalue weighted by molar-refractivity contribution is 9.10. The van der Waals surface area contributed by atoms with Crippen molar-refractivity contribution in [2.45, 2.75) is 25.6 Å². The maximum atomic E-state index is 5.92. The molecule has 0 unspecified atom stereocenters. The predicted molar refractivity (Wildman–Crippen MR) is 92.1 cm³/mol. The summed E-state index contributed by atoms with van der Waals surface area (Å²) in [7, 11) is 0. The minimum absolute atomic E-state index is 0.529. The average molecular weight is 353 g/mol. The standard InChI is InChI=1S/C17H19BrClN/c1-2-3-11-20(15-7-5-4-6-8-15)16-10-9-14(13-19)17(18)12-16/h4-10,12H,2-3,11,13H2,1H3. The highest BCUT2D eigenvalue weighted by atomic mass is 79.9. The van der Waals surface area contributed by atoms with Crippen molar-refractivity contribution in [3.63, 3.8) is 0 Å². The number of anilines is 2. The Bertz CT molecular complexity index is 542. The number of alkyl halides is 1. The largest absolute Gasteiger partial charge is 0.341 e. The first-order valence-electron chi connectivity index (χ1n) is 6.93. The van der Waals surface area contributed by atoms with E-state index in [0.717, 1.165) is 16.6 Å². The zero-order valence-electron chi connectivity index (χ0n) is 11.7. The van der Waals surface area contributed by atoms with Crippen LogP contribution in [-0.4, -0.2) is 6.54 Å². The van der Waals surface area contributed by atoms with E-state index in [1.54, 1.807) is 0 Å². The molecule has 0 saturated heterocycles. The third-order valence-electron chi connectivity index (χ3n) is 3.30. The number of hydrogen-bond donors (Lipinski definition) is 0. The van der Waals surface area contributed by atoms with Gasteiger partial charge in [-0.15, -0.1) is 11.6 Å². The lowest BCUT2D eigenvalue weighted by atomic mass is 10.1. The molecular formula is C17H19BrClN. The molecule has 0 aromatic heterocycles. The van der Waals surface area contributed by atoms with Crippen molar-refractivity contribution in [1.29, 1.82) is 0 Å². The molecule has 106 valence electrons. The van der Waals surface area contributed by atoms with E-state index in [-0.39, 0.29) is 0 Å². The first-order chi connectivity index (χ1) is 9.76. The Kier molecular flexibility index (Phi) is 5.93. The molecule has 0 amide bonds. The second-order valence-electron chi connectivity index (χ2n) is 4.75. The molecule has 3 heteroatoms. The highest BCUT2D eigenvalue weighted by Crippen LogP contribution is 2.30. The van der Waals surface area contributed by atoms with Gasteiger partial charge in [-0.1, -0.05) is 53.5 Å². The molecule has 0 heterocycles. The van der Waals surface area contributed by atoms with Gasteiger partial charge in [0.1, 0.15) is 0 Å². The topological polar surface area (TPSA) is 3.24 Å². The Labute approximate surface area is 134 Å². The van der Waals surface area contributed by atoms with Crippen LogP contribution < -0.4 is 4.90 Å². The molecule has 2 aromatic carbocycles. The Hall–Kier alpha value is -0.990. The number of hydrogen-bond acceptors (Lipinski definition) is 1. The zero-order valence-corrected chi connectivity index (χ0v) is 14.0. The quantitative estimate of drug-likeness (QED) is 0.565. The molecule has 20 heavy (non-hydrogen) atoms. The van der Waals surface area contributed by atoms with Gasteiger partial charge in [0.2, 0.25) is 0 Å². The molecule has 2 aromatic rings. The molecule has 0 atom stereocenters. The van der Waals surface area contributed by atoms with E-state index >= 15 is 0 Å². The molecule has 0 aliphatic carbocycles. The molecule has 0 aliphatic heterocycles. The fraction of sp³-hybridized carbons (Fsp3) is 0.294. The molecule has 0 aliphatic rings. The Balaban J connectivity index is 2.33. The van der Waals surface area contributed by atoms with Gasteiger partial charge in [0, 0.05) is 28.3 Å². The van der Waals surface area contributed by atoms with Crippen LogP contribution in [0.4, 0.5) is 11.4 Å². The maximum Gasteiger partial charge on any atom is 0.0485 e. The van der Waals surface area contributed by atoms with E-state index < -0.39 is 0 Å². The Morgan fingerprint density at radius 1 is 1.05 bits per heavy atom. The molecule has 0 bridgehead atoms. The molecule has 2 rings (SSSR count). The molecule has 0 saturated carbocycles. The molecule has 1 nitrogen and oxygen atoms in total. The fourth-order valence-corrected chi connectivity index (χ4v) is 3.05. The minimum atomic E-state index is 0.529. The fourth-order valence-electron chi connectivity index (χ4n) is 2.14. The molecule has 0 spiro atoms. The van der Waals surface area contributed by atoms with Crippen LogP contribution in [0.2, 0.25) is 0 Å². The lowest BCUT2D eigenvalue weighted by Gasteiger charge is -2.25. The number of rotatable bonds is 6. The van der Waals surface area contributed by atoms with Gasteiger partial charge in [0.25, 0.3) is 0 Å². The van der Waals surface area contributed by atoms with Crippen LogP contribution >= 0.6 is 27.5 Å². The minimum Gasteiger partial charge on any atom is -0.341 e. The van der Waals surface area contributed by atoms with Crippen molar-refractivity contribution in [2.24, 2.45) is 0 Å². The number of halogens is 2. The van der Waals surface area contributed by atoms with Gasteiger partial charge < -0.3 is 4.90 Å². The van der Waals surface area contributed by atoms with Gasteiger partial charge >= 0.3 is 0 Å². The van der Waals surface area contributed by atoms with E-state index in [2.05, 4.69) is 70.2 Å². The van der Waals surface area contributed by atoms with Crippen LogP contribution in [0.15, 0.2) is 53.0 Å². The van der Waals surface area contributed by atoms with E-state index in [9.17, 15) is 0 Å². The summed E-state index contributed by atoms with van der Waals surface area (Å²) in [6, 6.07) is 16.9. The van der Waals surface area contributed by atoms with Crippen LogP contribution in [0, 0.1) is 0 Å². The molecular weight excluding hydrogens is 334 g/mol. The summed E-state index contributed by atoms with van der Waals surface area (Å²) in [6.45, 7) is 3.24. The molecule has 0 radical (unpaired) electrons. The van der Waals surface area contributed by atoms with E-state index in [4.69, 9.17) is 11.6 Å². The van der Waals surface area contributed by atoms with E-state index in [1.807, 2.05) is 6.07 Å². The van der Waals surface area contributed by atoms with Crippen LogP contribution in [0.1, 0.15) is 25.3 Å². The summed E-state index contributed by atoms with van der Waals surface area (Å²) in [5.74, 6) is 0.529. The van der Waals surface area contributed by atoms with Crippen LogP contribution in [0.3, 0.4) is 0 Å². The summed E-state index contributed by atoms with van der Waals surface area (Å²) >= 11 is 9.53. The summed E-state index contributed by atoms with van der Waals surface area (Å²) < 4.78 is 1.07. The Morgan fingerprint density at radius 2 is 1.80 bits per heavy atom. The van der Waals surface area contributed by atoms with E-state index in [0.29, 0.717) is 5.88 Å². The first kappa shape index (κ1) is 15.4. The van der Waals surface area contributed by atoms with Gasteiger partial charge in [0.15, 0.2) is 0 Å². The number of para-hydroxylation sites is 1. The van der Waals surface area contributed by atoms with Gasteiger partial charge in [-0.2, -0.15) is 0 Å². The van der Waals surface area contributed by atoms with Crippen molar-refractivity contribution >= 4 is 38.9 Å². The monoisotopic (exact) mass is 351 g/mol. The molecule has 0 fully saturated rings. The normalized spacial score (nSPS) is 10.6. The van der Waals surface area contributed by atoms with Crippen molar-refractivity contribution in [1.82, 2.24) is 0 Å². The SMILES string of the molecule is CCCCN(c1ccccc1)c1ccc(CCl)c(Br)c1. The van der Waals surface area contributed by atoms with E-state index in [1.165, 1.54) is 24.2 Å². The lowest BCUT2D eigenvalue weighted by Crippen LogP contribution is -2.18. The third kappa shape index (κ3) is 3.77. The summed E-state index contributed by atoms with van der Waals surface area (Å²) in [5.41, 5.74) is 3.55. The number of benzene rings is 2. The van der Waals surface area contributed by atoms with Gasteiger partial charge in [0.05, 0.1) is 0 Å². The van der Waals surface area contributed by atoms with Crippen molar-refractivity contribution in [2.75, 3.05) is 11.4 Å². The smallest absolute Gasteiger partial charge is 0.0485 e. The molecule has 0 N–H and O–H groups in total. The zero-order chi connectivity index (χ0) is 14.4. The predicted octanol–water partition coefficient (Wildman–Crippen LogP) is 6.13. The van der Waals surface area contributed by atoms with Gasteiger partial charge in [-0.25, -0.2) is 0 Å². The van der Waals surface area contributed by atoms with Crippen LogP contribution in [0.5, 0.6) is 0 Å². The van der Waals surface area contributed by atoms with Crippen molar-refractivity contribution < 1.29 is 0 Å². The summed E-state index contributed by atoms with van der Waals surface area (Å²) in [6.07, 6.45) is 2.36. The third-order valence-corrected chi connectivity index (χ3v) is 4.32. The first-order valence-corrected chi connectivity index (χ1v) is 8.26. The maximum absolute atomic E-state index is 5.92.